The van der Waals surface area contributed by atoms with Crippen LogP contribution in [0.4, 0.5) is 4.79 Å². The van der Waals surface area contributed by atoms with E-state index in [9.17, 15) is 9.59 Å². The number of carbonyl (C=O) groups excluding carboxylic acids is 2. The van der Waals surface area contributed by atoms with Crippen molar-refractivity contribution < 1.29 is 19.1 Å². The Bertz CT molecular complexity index is 743. The van der Waals surface area contributed by atoms with Crippen molar-refractivity contribution in [2.75, 3.05) is 6.79 Å². The van der Waals surface area contributed by atoms with E-state index in [4.69, 9.17) is 9.47 Å². The van der Waals surface area contributed by atoms with E-state index >= 15 is 0 Å². The molecular weight excluding hydrogens is 378 g/mol. The lowest BCUT2D eigenvalue weighted by atomic mass is 9.82. The second-order valence-corrected chi connectivity index (χ2v) is 7.02. The van der Waals surface area contributed by atoms with E-state index in [-0.39, 0.29) is 12.7 Å². The van der Waals surface area contributed by atoms with E-state index in [0.29, 0.717) is 29.9 Å². The number of nitrogens with one attached hydrogen (secondary N) is 1. The van der Waals surface area contributed by atoms with Gasteiger partial charge in [-0.2, -0.15) is 5.10 Å². The molecule has 3 amide bonds. The third-order valence-corrected chi connectivity index (χ3v) is 5.34. The van der Waals surface area contributed by atoms with Gasteiger partial charge >= 0.3 is 6.03 Å². The van der Waals surface area contributed by atoms with Crippen LogP contribution in [0.3, 0.4) is 0 Å². The van der Waals surface area contributed by atoms with E-state index < -0.39 is 11.6 Å². The number of amides is 3. The third-order valence-electron chi connectivity index (χ3n) is 4.65. The summed E-state index contributed by atoms with van der Waals surface area (Å²) in [5.74, 6) is 0.996. The van der Waals surface area contributed by atoms with Gasteiger partial charge in [-0.25, -0.2) is 4.79 Å². The fourth-order valence-electron chi connectivity index (χ4n) is 3.36. The van der Waals surface area contributed by atoms with E-state index in [2.05, 4.69) is 26.3 Å². The Hall–Kier alpha value is -2.09. The Balaban J connectivity index is 1.58. The molecule has 1 aliphatic carbocycles. The molecule has 4 rings (SSSR count). The van der Waals surface area contributed by atoms with Gasteiger partial charge in [0.15, 0.2) is 11.5 Å². The minimum atomic E-state index is -0.765. The molecule has 7 nitrogen and oxygen atoms in total. The highest BCUT2D eigenvalue weighted by Crippen LogP contribution is 2.37. The predicted octanol–water partition coefficient (Wildman–Crippen LogP) is 2.77. The number of hydrazone groups is 1. The standard InChI is InChI=1S/C16H16BrN3O4/c17-11-7-13-12(23-9-24-13)6-10(11)8-18-20-14(21)16(19-15(20)22)4-2-1-3-5-16/h6-8H,1-5,9H2,(H,19,22)/b18-8-. The molecule has 0 aromatic heterocycles. The van der Waals surface area contributed by atoms with E-state index in [0.717, 1.165) is 28.7 Å². The number of benzene rings is 1. The molecule has 0 bridgehead atoms. The first-order chi connectivity index (χ1) is 11.6. The minimum Gasteiger partial charge on any atom is -0.454 e. The second kappa shape index (κ2) is 5.77. The van der Waals surface area contributed by atoms with Crippen LogP contribution in [0.15, 0.2) is 21.7 Å². The van der Waals surface area contributed by atoms with E-state index in [1.54, 1.807) is 12.1 Å². The topological polar surface area (TPSA) is 80.2 Å². The monoisotopic (exact) mass is 393 g/mol. The number of hydrogen-bond donors (Lipinski definition) is 1. The molecule has 2 heterocycles. The van der Waals surface area contributed by atoms with Crippen molar-refractivity contribution in [3.63, 3.8) is 0 Å². The van der Waals surface area contributed by atoms with Crippen molar-refractivity contribution in [1.29, 1.82) is 0 Å². The predicted molar refractivity (Wildman–Crippen MR) is 89.1 cm³/mol. The Kier molecular flexibility index (Phi) is 3.71. The van der Waals surface area contributed by atoms with Gasteiger partial charge in [0.2, 0.25) is 6.79 Å². The second-order valence-electron chi connectivity index (χ2n) is 6.16. The van der Waals surface area contributed by atoms with Crippen molar-refractivity contribution in [2.24, 2.45) is 5.10 Å². The molecule has 1 aromatic carbocycles. The Labute approximate surface area is 147 Å². The molecule has 1 aromatic rings. The quantitative estimate of drug-likeness (QED) is 0.618. The van der Waals surface area contributed by atoms with Gasteiger partial charge in [-0.05, 0) is 40.9 Å². The lowest BCUT2D eigenvalue weighted by Gasteiger charge is -2.29. The number of halogens is 1. The third kappa shape index (κ3) is 2.45. The molecule has 0 atom stereocenters. The SMILES string of the molecule is O=C1NC2(CCCCC2)C(=O)N1/N=C\c1cc2c(cc1Br)OCO2. The van der Waals surface area contributed by atoms with Crippen molar-refractivity contribution in [3.8, 4) is 11.5 Å². The molecule has 2 fully saturated rings. The Morgan fingerprint density at radius 2 is 1.88 bits per heavy atom. The molecular formula is C16H16BrN3O4. The van der Waals surface area contributed by atoms with Crippen molar-refractivity contribution in [1.82, 2.24) is 10.3 Å². The number of ether oxygens (including phenoxy) is 2. The fourth-order valence-corrected chi connectivity index (χ4v) is 3.78. The highest BCUT2D eigenvalue weighted by molar-refractivity contribution is 9.10. The van der Waals surface area contributed by atoms with Gasteiger partial charge in [-0.15, -0.1) is 5.01 Å². The number of rotatable bonds is 2. The summed E-state index contributed by atoms with van der Waals surface area (Å²) in [5, 5.41) is 7.87. The van der Waals surface area contributed by atoms with Crippen LogP contribution < -0.4 is 14.8 Å². The highest BCUT2D eigenvalue weighted by Gasteiger charge is 2.51. The van der Waals surface area contributed by atoms with Crippen molar-refractivity contribution in [3.05, 3.63) is 22.2 Å². The summed E-state index contributed by atoms with van der Waals surface area (Å²) in [7, 11) is 0. The first-order valence-electron chi connectivity index (χ1n) is 7.89. The van der Waals surface area contributed by atoms with Crippen LogP contribution in [0.5, 0.6) is 11.5 Å². The van der Waals surface area contributed by atoms with Gasteiger partial charge in [0.1, 0.15) is 5.54 Å². The molecule has 8 heteroatoms. The highest BCUT2D eigenvalue weighted by atomic mass is 79.9. The maximum absolute atomic E-state index is 12.7. The summed E-state index contributed by atoms with van der Waals surface area (Å²) in [6, 6.07) is 3.07. The number of imide groups is 1. The number of urea groups is 1. The van der Waals surface area contributed by atoms with Gasteiger partial charge in [0, 0.05) is 10.0 Å². The summed E-state index contributed by atoms with van der Waals surface area (Å²) in [6.07, 6.45) is 5.81. The molecule has 2 aliphatic heterocycles. The van der Waals surface area contributed by atoms with Crippen LogP contribution >= 0.6 is 15.9 Å². The number of nitrogens with zero attached hydrogens (tertiary/aromatic N) is 2. The number of fused-ring (bicyclic) bond motifs is 1. The zero-order chi connectivity index (χ0) is 16.7. The largest absolute Gasteiger partial charge is 0.454 e. The molecule has 3 aliphatic rings. The fraction of sp³-hybridized carbons (Fsp3) is 0.438. The van der Waals surface area contributed by atoms with Crippen LogP contribution in [0.2, 0.25) is 0 Å². The number of hydrogen-bond acceptors (Lipinski definition) is 5. The lowest BCUT2D eigenvalue weighted by Crippen LogP contribution is -2.48. The summed E-state index contributed by atoms with van der Waals surface area (Å²) >= 11 is 3.43. The molecule has 0 radical (unpaired) electrons. The first kappa shape index (κ1) is 15.4. The van der Waals surface area contributed by atoms with Crippen molar-refractivity contribution >= 4 is 34.1 Å². The molecule has 1 saturated carbocycles. The first-order valence-corrected chi connectivity index (χ1v) is 8.68. The van der Waals surface area contributed by atoms with Crippen LogP contribution in [0.25, 0.3) is 0 Å². The summed E-state index contributed by atoms with van der Waals surface area (Å²) in [5.41, 5.74) is -0.0665. The maximum Gasteiger partial charge on any atom is 0.346 e. The maximum atomic E-state index is 12.7. The van der Waals surface area contributed by atoms with Gasteiger partial charge < -0.3 is 14.8 Å². The van der Waals surface area contributed by atoms with Crippen LogP contribution in [0.1, 0.15) is 37.7 Å². The smallest absolute Gasteiger partial charge is 0.346 e. The van der Waals surface area contributed by atoms with Crippen molar-refractivity contribution in [2.45, 2.75) is 37.6 Å². The average molecular weight is 394 g/mol. The summed E-state index contributed by atoms with van der Waals surface area (Å²) in [6.45, 7) is 0.178. The van der Waals surface area contributed by atoms with E-state index in [1.807, 2.05) is 0 Å². The minimum absolute atomic E-state index is 0.178. The van der Waals surface area contributed by atoms with Crippen LogP contribution in [-0.4, -0.2) is 35.5 Å². The normalized spacial score (nSPS) is 21.8. The molecule has 126 valence electrons. The summed E-state index contributed by atoms with van der Waals surface area (Å²) in [4.78, 5) is 24.8. The van der Waals surface area contributed by atoms with Gasteiger partial charge in [-0.1, -0.05) is 19.3 Å². The molecule has 24 heavy (non-hydrogen) atoms. The Morgan fingerprint density at radius 1 is 1.17 bits per heavy atom. The molecule has 1 N–H and O–H groups in total. The Morgan fingerprint density at radius 3 is 2.62 bits per heavy atom. The van der Waals surface area contributed by atoms with Gasteiger partial charge in [-0.3, -0.25) is 4.79 Å². The molecule has 0 unspecified atom stereocenters. The lowest BCUT2D eigenvalue weighted by molar-refractivity contribution is -0.132. The van der Waals surface area contributed by atoms with Gasteiger partial charge in [0.25, 0.3) is 5.91 Å². The zero-order valence-electron chi connectivity index (χ0n) is 12.9. The zero-order valence-corrected chi connectivity index (χ0v) is 14.5. The van der Waals surface area contributed by atoms with Crippen LogP contribution in [0, 0.1) is 0 Å². The average Bonchev–Trinajstić information content (AvgIpc) is 3.10. The molecule has 1 spiro atoms. The van der Waals surface area contributed by atoms with Crippen LogP contribution in [-0.2, 0) is 4.79 Å². The molecule has 1 saturated heterocycles. The van der Waals surface area contributed by atoms with Gasteiger partial charge in [0.05, 0.1) is 6.21 Å². The number of carbonyl (C=O) groups is 2. The summed E-state index contributed by atoms with van der Waals surface area (Å²) < 4.78 is 11.4. The van der Waals surface area contributed by atoms with E-state index in [1.165, 1.54) is 6.21 Å².